The van der Waals surface area contributed by atoms with Crippen molar-refractivity contribution in [1.82, 2.24) is 5.32 Å². The summed E-state index contributed by atoms with van der Waals surface area (Å²) in [5, 5.41) is 3.04. The zero-order valence-corrected chi connectivity index (χ0v) is 17.8. The number of rotatable bonds is 5. The maximum atomic E-state index is 12.6. The van der Waals surface area contributed by atoms with Crippen molar-refractivity contribution in [3.05, 3.63) is 71.8 Å². The van der Waals surface area contributed by atoms with Gasteiger partial charge in [0.15, 0.2) is 5.79 Å². The third-order valence-corrected chi connectivity index (χ3v) is 4.65. The highest BCUT2D eigenvalue weighted by atomic mass is 16.8. The Hall–Kier alpha value is -2.37. The number of carbonyl (C=O) groups excluding carboxylic acids is 1. The molecule has 0 aliphatic carbocycles. The third-order valence-electron chi connectivity index (χ3n) is 4.65. The highest BCUT2D eigenvalue weighted by Gasteiger charge is 2.46. The van der Waals surface area contributed by atoms with Crippen molar-refractivity contribution in [2.45, 2.75) is 70.7 Å². The number of nitrogens with one attached hydrogen (secondary N) is 1. The van der Waals surface area contributed by atoms with Crippen LogP contribution in [0.5, 0.6) is 0 Å². The molecule has 1 amide bonds. The van der Waals surface area contributed by atoms with Crippen LogP contribution in [-0.4, -0.2) is 29.6 Å². The van der Waals surface area contributed by atoms with Gasteiger partial charge in [-0.2, -0.15) is 0 Å². The van der Waals surface area contributed by atoms with Gasteiger partial charge < -0.3 is 19.5 Å². The first-order valence-corrected chi connectivity index (χ1v) is 10.1. The van der Waals surface area contributed by atoms with Crippen LogP contribution in [0.3, 0.4) is 0 Å². The normalized spacial score (nSPS) is 22.1. The third kappa shape index (κ3) is 6.05. The van der Waals surface area contributed by atoms with Gasteiger partial charge in [0.25, 0.3) is 0 Å². The molecule has 5 nitrogen and oxygen atoms in total. The molecule has 0 saturated carbocycles. The predicted octanol–water partition coefficient (Wildman–Crippen LogP) is 5.02. The lowest BCUT2D eigenvalue weighted by atomic mass is 9.94. The van der Waals surface area contributed by atoms with Gasteiger partial charge in [0.2, 0.25) is 0 Å². The van der Waals surface area contributed by atoms with Gasteiger partial charge in [0.05, 0.1) is 6.04 Å². The highest BCUT2D eigenvalue weighted by Crippen LogP contribution is 2.40. The average molecular weight is 398 g/mol. The van der Waals surface area contributed by atoms with Crippen LogP contribution < -0.4 is 5.32 Å². The smallest absolute Gasteiger partial charge is 0.407 e. The minimum absolute atomic E-state index is 0.296. The summed E-state index contributed by atoms with van der Waals surface area (Å²) in [6.07, 6.45) is -0.512. The van der Waals surface area contributed by atoms with Crippen molar-refractivity contribution < 1.29 is 19.0 Å². The first kappa shape index (κ1) is 21.3. The second-order valence-electron chi connectivity index (χ2n) is 8.87. The molecule has 0 spiro atoms. The Balaban J connectivity index is 1.89. The van der Waals surface area contributed by atoms with E-state index in [1.807, 2.05) is 95.3 Å². The Morgan fingerprint density at radius 1 is 1.03 bits per heavy atom. The Bertz CT molecular complexity index is 799. The molecule has 2 aromatic carbocycles. The van der Waals surface area contributed by atoms with Crippen LogP contribution >= 0.6 is 0 Å². The number of benzene rings is 2. The minimum Gasteiger partial charge on any atom is -0.444 e. The summed E-state index contributed by atoms with van der Waals surface area (Å²) < 4.78 is 18.0. The van der Waals surface area contributed by atoms with Gasteiger partial charge in [-0.3, -0.25) is 0 Å². The maximum absolute atomic E-state index is 12.6. The molecule has 3 atom stereocenters. The zero-order chi connectivity index (χ0) is 21.1. The van der Waals surface area contributed by atoms with Crippen molar-refractivity contribution in [2.24, 2.45) is 0 Å². The Kier molecular flexibility index (Phi) is 6.30. The molecule has 0 radical (unpaired) electrons. The van der Waals surface area contributed by atoms with Crippen LogP contribution in [0.25, 0.3) is 0 Å². The summed E-state index contributed by atoms with van der Waals surface area (Å²) in [4.78, 5) is 12.6. The van der Waals surface area contributed by atoms with Crippen molar-refractivity contribution in [3.63, 3.8) is 0 Å². The number of carbonyl (C=O) groups is 1. The molecule has 1 heterocycles. The Morgan fingerprint density at radius 3 is 2.21 bits per heavy atom. The number of amides is 1. The van der Waals surface area contributed by atoms with E-state index in [0.29, 0.717) is 6.42 Å². The van der Waals surface area contributed by atoms with E-state index in [2.05, 4.69) is 5.32 Å². The molecule has 1 N–H and O–H groups in total. The van der Waals surface area contributed by atoms with Crippen LogP contribution in [0, 0.1) is 0 Å². The fraction of sp³-hybridized carbons (Fsp3) is 0.458. The monoisotopic (exact) mass is 397 g/mol. The van der Waals surface area contributed by atoms with E-state index in [9.17, 15) is 4.79 Å². The van der Waals surface area contributed by atoms with Crippen molar-refractivity contribution in [2.75, 3.05) is 0 Å². The van der Waals surface area contributed by atoms with Gasteiger partial charge in [-0.05, 0) is 52.2 Å². The SMILES string of the molecule is CC(C)(C)OC(=O)N[C@H](Cc1ccccc1)[C@@H]1OC(C)(C)O[C@H]1c1ccccc1. The molecule has 1 saturated heterocycles. The average Bonchev–Trinajstić information content (AvgIpc) is 2.97. The lowest BCUT2D eigenvalue weighted by Gasteiger charge is -2.29. The highest BCUT2D eigenvalue weighted by molar-refractivity contribution is 5.68. The molecule has 1 aliphatic rings. The second kappa shape index (κ2) is 8.56. The van der Waals surface area contributed by atoms with Gasteiger partial charge in [-0.15, -0.1) is 0 Å². The van der Waals surface area contributed by atoms with Gasteiger partial charge in [-0.25, -0.2) is 4.79 Å². The molecular formula is C24H31NO4. The summed E-state index contributed by atoms with van der Waals surface area (Å²) in [5.41, 5.74) is 1.55. The molecular weight excluding hydrogens is 366 g/mol. The van der Waals surface area contributed by atoms with E-state index in [-0.39, 0.29) is 18.2 Å². The standard InChI is InChI=1S/C24H31NO4/c1-23(2,3)29-22(26)25-19(16-17-12-8-6-9-13-17)21-20(27-24(4,5)28-21)18-14-10-7-11-15-18/h6-15,19-21H,16H2,1-5H3,(H,25,26)/t19-,20+,21+/m1/s1. The molecule has 1 aliphatic heterocycles. The predicted molar refractivity (Wildman–Crippen MR) is 113 cm³/mol. The van der Waals surface area contributed by atoms with E-state index < -0.39 is 17.5 Å². The van der Waals surface area contributed by atoms with Gasteiger partial charge in [-0.1, -0.05) is 60.7 Å². The minimum atomic E-state index is -0.754. The van der Waals surface area contributed by atoms with Crippen LogP contribution in [-0.2, 0) is 20.6 Å². The fourth-order valence-electron chi connectivity index (χ4n) is 3.56. The molecule has 5 heteroatoms. The second-order valence-corrected chi connectivity index (χ2v) is 8.87. The number of hydrogen-bond acceptors (Lipinski definition) is 4. The number of hydrogen-bond donors (Lipinski definition) is 1. The van der Waals surface area contributed by atoms with Crippen LogP contribution in [0.2, 0.25) is 0 Å². The van der Waals surface area contributed by atoms with Crippen molar-refractivity contribution in [1.29, 1.82) is 0 Å². The lowest BCUT2D eigenvalue weighted by Crippen LogP contribution is -2.48. The van der Waals surface area contributed by atoms with Crippen molar-refractivity contribution >= 4 is 6.09 Å². The molecule has 0 unspecified atom stereocenters. The quantitative estimate of drug-likeness (QED) is 0.770. The first-order valence-electron chi connectivity index (χ1n) is 10.1. The summed E-state index contributed by atoms with van der Waals surface area (Å²) in [6.45, 7) is 9.35. The van der Waals surface area contributed by atoms with Gasteiger partial charge in [0, 0.05) is 0 Å². The van der Waals surface area contributed by atoms with Crippen molar-refractivity contribution in [3.8, 4) is 0 Å². The summed E-state index contributed by atoms with van der Waals surface area (Å²) >= 11 is 0. The van der Waals surface area contributed by atoms with E-state index in [0.717, 1.165) is 11.1 Å². The number of alkyl carbamates (subject to hydrolysis) is 1. The topological polar surface area (TPSA) is 56.8 Å². The summed E-state index contributed by atoms with van der Waals surface area (Å²) in [7, 11) is 0. The fourth-order valence-corrected chi connectivity index (χ4v) is 3.56. The van der Waals surface area contributed by atoms with E-state index in [4.69, 9.17) is 14.2 Å². The largest absolute Gasteiger partial charge is 0.444 e. The lowest BCUT2D eigenvalue weighted by molar-refractivity contribution is -0.149. The molecule has 2 aromatic rings. The summed E-state index contributed by atoms with van der Waals surface area (Å²) in [6, 6.07) is 19.7. The van der Waals surface area contributed by atoms with Crippen LogP contribution in [0.1, 0.15) is 51.8 Å². The van der Waals surface area contributed by atoms with E-state index in [1.54, 1.807) is 0 Å². The molecule has 29 heavy (non-hydrogen) atoms. The van der Waals surface area contributed by atoms with Crippen LogP contribution in [0.4, 0.5) is 4.79 Å². The zero-order valence-electron chi connectivity index (χ0n) is 17.8. The van der Waals surface area contributed by atoms with E-state index >= 15 is 0 Å². The van der Waals surface area contributed by atoms with Crippen LogP contribution in [0.15, 0.2) is 60.7 Å². The molecule has 0 bridgehead atoms. The van der Waals surface area contributed by atoms with Gasteiger partial charge >= 0.3 is 6.09 Å². The molecule has 0 aromatic heterocycles. The maximum Gasteiger partial charge on any atom is 0.407 e. The molecule has 156 valence electrons. The van der Waals surface area contributed by atoms with Gasteiger partial charge in [0.1, 0.15) is 17.8 Å². The molecule has 3 rings (SSSR count). The van der Waals surface area contributed by atoms with E-state index in [1.165, 1.54) is 0 Å². The Morgan fingerprint density at radius 2 is 1.62 bits per heavy atom. The first-order chi connectivity index (χ1) is 13.6. The number of ether oxygens (including phenoxy) is 3. The molecule has 1 fully saturated rings. The summed E-state index contributed by atoms with van der Waals surface area (Å²) in [5.74, 6) is -0.754. The Labute approximate surface area is 173 Å².